The first-order chi connectivity index (χ1) is 15.8. The monoisotopic (exact) mass is 514 g/mol. The van der Waals surface area contributed by atoms with Crippen LogP contribution in [-0.2, 0) is 33.2 Å². The number of aryl methyl sites for hydroxylation is 2. The number of methoxy groups -OCH3 is 1. The first kappa shape index (κ1) is 23.5. The molecule has 4 rings (SSSR count). The Bertz CT molecular complexity index is 1140. The Morgan fingerprint density at radius 2 is 1.85 bits per heavy atom. The zero-order valence-corrected chi connectivity index (χ0v) is 20.0. The first-order valence-electron chi connectivity index (χ1n) is 9.25. The average Bonchev–Trinajstić information content (AvgIpc) is 3.40. The molecule has 0 aliphatic carbocycles. The highest BCUT2D eigenvalue weighted by molar-refractivity contribution is 8.01. The van der Waals surface area contributed by atoms with Gasteiger partial charge in [-0.15, -0.1) is 22.0 Å². The SMILES string of the molecule is COC1(NC(=O)CSc2nnnn2C)C(=O)N2C(C(=O)O)=C(CSc3nnnn3C)CS[C@H]21. The average molecular weight is 515 g/mol. The summed E-state index contributed by atoms with van der Waals surface area (Å²) in [5.74, 6) is -1.81. The minimum atomic E-state index is -1.66. The van der Waals surface area contributed by atoms with E-state index in [4.69, 9.17) is 4.74 Å². The van der Waals surface area contributed by atoms with E-state index >= 15 is 0 Å². The number of nitrogens with one attached hydrogen (secondary N) is 1. The van der Waals surface area contributed by atoms with Crippen LogP contribution in [0.1, 0.15) is 0 Å². The number of aromatic nitrogens is 8. The number of thioether (sulfide) groups is 3. The summed E-state index contributed by atoms with van der Waals surface area (Å²) in [4.78, 5) is 38.9. The van der Waals surface area contributed by atoms with Crippen molar-refractivity contribution in [1.82, 2.24) is 50.6 Å². The quantitative estimate of drug-likeness (QED) is 0.220. The van der Waals surface area contributed by atoms with Gasteiger partial charge in [-0.1, -0.05) is 23.5 Å². The van der Waals surface area contributed by atoms with E-state index in [1.165, 1.54) is 40.0 Å². The summed E-state index contributed by atoms with van der Waals surface area (Å²) in [7, 11) is 4.61. The Kier molecular flexibility index (Phi) is 6.59. The zero-order valence-electron chi connectivity index (χ0n) is 17.5. The highest BCUT2D eigenvalue weighted by Crippen LogP contribution is 2.47. The molecule has 33 heavy (non-hydrogen) atoms. The number of carboxylic acid groups (broad SMARTS) is 1. The number of hydrogen-bond acceptors (Lipinski definition) is 13. The smallest absolute Gasteiger partial charge is 0.352 e. The second-order valence-electron chi connectivity index (χ2n) is 6.83. The largest absolute Gasteiger partial charge is 0.477 e. The number of hydrogen-bond donors (Lipinski definition) is 2. The molecule has 18 heteroatoms. The highest BCUT2D eigenvalue weighted by atomic mass is 32.2. The van der Waals surface area contributed by atoms with Crippen molar-refractivity contribution in [3.8, 4) is 0 Å². The maximum atomic E-state index is 13.1. The number of fused-ring (bicyclic) bond motifs is 1. The maximum absolute atomic E-state index is 13.1. The molecule has 1 fully saturated rings. The van der Waals surface area contributed by atoms with E-state index in [0.717, 1.165) is 16.7 Å². The van der Waals surface area contributed by atoms with Gasteiger partial charge in [0.15, 0.2) is 0 Å². The van der Waals surface area contributed by atoms with Gasteiger partial charge >= 0.3 is 5.97 Å². The molecule has 2 amide bonds. The van der Waals surface area contributed by atoms with Crippen molar-refractivity contribution in [3.05, 3.63) is 11.3 Å². The summed E-state index contributed by atoms with van der Waals surface area (Å²) in [5, 5.41) is 34.8. The molecule has 2 atom stereocenters. The third-order valence-electron chi connectivity index (χ3n) is 4.83. The normalized spacial score (nSPS) is 22.2. The summed E-state index contributed by atoms with van der Waals surface area (Å²) in [6.07, 6.45) is 0. The van der Waals surface area contributed by atoms with Crippen molar-refractivity contribution in [3.63, 3.8) is 0 Å². The second kappa shape index (κ2) is 9.27. The molecule has 1 unspecified atom stereocenters. The van der Waals surface area contributed by atoms with Gasteiger partial charge < -0.3 is 15.2 Å². The molecule has 2 aliphatic rings. The third-order valence-corrected chi connectivity index (χ3v) is 8.31. The van der Waals surface area contributed by atoms with Gasteiger partial charge in [0, 0.05) is 32.7 Å². The maximum Gasteiger partial charge on any atom is 0.352 e. The van der Waals surface area contributed by atoms with Gasteiger partial charge in [0.1, 0.15) is 11.1 Å². The standard InChI is InChI=1S/C15H18N10O5S3/c1-23-13(17-19-21-23)32-5-7-4-31-12-15(30-3,11(29)25(12)9(7)10(27)28)16-8(26)6-33-14-18-20-22-24(14)2/h12H,4-6H2,1-3H3,(H,16,26)(H,27,28)/t12-,15?/m0/s1. The van der Waals surface area contributed by atoms with Gasteiger partial charge in [0.25, 0.3) is 11.6 Å². The number of amides is 2. The van der Waals surface area contributed by atoms with Crippen LogP contribution in [0.25, 0.3) is 0 Å². The number of tetrazole rings is 2. The van der Waals surface area contributed by atoms with E-state index in [2.05, 4.69) is 36.4 Å². The number of β-lactam (4-membered cyclic amide) rings is 1. The van der Waals surface area contributed by atoms with Crippen molar-refractivity contribution in [2.24, 2.45) is 14.1 Å². The van der Waals surface area contributed by atoms with Gasteiger partial charge in [0.05, 0.1) is 5.75 Å². The highest BCUT2D eigenvalue weighted by Gasteiger charge is 2.66. The van der Waals surface area contributed by atoms with E-state index < -0.39 is 28.9 Å². The Labute approximate surface area is 199 Å². The molecule has 2 aromatic heterocycles. The number of rotatable bonds is 9. The number of carbonyl (C=O) groups excluding carboxylic acids is 2. The lowest BCUT2D eigenvalue weighted by molar-refractivity contribution is -0.192. The van der Waals surface area contributed by atoms with E-state index in [9.17, 15) is 19.5 Å². The molecule has 0 radical (unpaired) electrons. The molecule has 2 aliphatic heterocycles. The molecule has 0 saturated carbocycles. The van der Waals surface area contributed by atoms with Crippen LogP contribution in [0.15, 0.2) is 21.6 Å². The summed E-state index contributed by atoms with van der Waals surface area (Å²) >= 11 is 3.67. The fourth-order valence-electron chi connectivity index (χ4n) is 3.27. The van der Waals surface area contributed by atoms with Gasteiger partial charge in [-0.25, -0.2) is 14.2 Å². The summed E-state index contributed by atoms with van der Waals surface area (Å²) in [6.45, 7) is 0. The third kappa shape index (κ3) is 4.18. The molecule has 4 heterocycles. The van der Waals surface area contributed by atoms with Crippen LogP contribution in [0.2, 0.25) is 0 Å². The van der Waals surface area contributed by atoms with E-state index in [1.807, 2.05) is 0 Å². The summed E-state index contributed by atoms with van der Waals surface area (Å²) in [6, 6.07) is 0. The van der Waals surface area contributed by atoms with Gasteiger partial charge in [-0.05, 0) is 26.4 Å². The topological polar surface area (TPSA) is 183 Å². The van der Waals surface area contributed by atoms with Crippen molar-refractivity contribution in [2.45, 2.75) is 21.4 Å². The van der Waals surface area contributed by atoms with Crippen LogP contribution in [-0.4, -0.2) is 104 Å². The van der Waals surface area contributed by atoms with Crippen LogP contribution in [0.3, 0.4) is 0 Å². The fraction of sp³-hybridized carbons (Fsp3) is 0.533. The second-order valence-corrected chi connectivity index (χ2v) is 9.78. The molecule has 0 bridgehead atoms. The number of carbonyl (C=O) groups is 3. The zero-order chi connectivity index (χ0) is 23.8. The predicted octanol–water partition coefficient (Wildman–Crippen LogP) is -1.67. The fourth-order valence-corrected chi connectivity index (χ4v) is 6.34. The molecule has 176 valence electrons. The van der Waals surface area contributed by atoms with E-state index in [1.54, 1.807) is 14.1 Å². The Balaban J connectivity index is 1.48. The van der Waals surface area contributed by atoms with Gasteiger partial charge in [-0.2, -0.15) is 0 Å². The Morgan fingerprint density at radius 3 is 2.39 bits per heavy atom. The minimum Gasteiger partial charge on any atom is -0.477 e. The lowest BCUT2D eigenvalue weighted by atomic mass is 9.98. The molecule has 1 saturated heterocycles. The van der Waals surface area contributed by atoms with Crippen molar-refractivity contribution < 1.29 is 24.2 Å². The molecule has 2 aromatic rings. The van der Waals surface area contributed by atoms with Gasteiger partial charge in [0.2, 0.25) is 16.2 Å². The summed E-state index contributed by atoms with van der Waals surface area (Å²) in [5.41, 5.74) is -1.23. The number of ether oxygens (including phenoxy) is 1. The minimum absolute atomic E-state index is 0.0563. The van der Waals surface area contributed by atoms with E-state index in [-0.39, 0.29) is 17.2 Å². The predicted molar refractivity (Wildman–Crippen MR) is 115 cm³/mol. The lowest BCUT2D eigenvalue weighted by Crippen LogP contribution is -2.80. The van der Waals surface area contributed by atoms with Crippen LogP contribution in [0, 0.1) is 0 Å². The summed E-state index contributed by atoms with van der Waals surface area (Å²) < 4.78 is 8.32. The van der Waals surface area contributed by atoms with E-state index in [0.29, 0.717) is 21.6 Å². The molecule has 2 N–H and O–H groups in total. The van der Waals surface area contributed by atoms with Crippen LogP contribution < -0.4 is 5.32 Å². The molecule has 0 aromatic carbocycles. The molecule has 0 spiro atoms. The lowest BCUT2D eigenvalue weighted by Gasteiger charge is -2.55. The number of carboxylic acids is 1. The molecular weight excluding hydrogens is 496 g/mol. The Morgan fingerprint density at radius 1 is 1.21 bits per heavy atom. The van der Waals surface area contributed by atoms with Gasteiger partial charge in [-0.3, -0.25) is 14.5 Å². The number of nitrogens with zero attached hydrogens (tertiary/aromatic N) is 9. The van der Waals surface area contributed by atoms with Crippen LogP contribution in [0.4, 0.5) is 0 Å². The van der Waals surface area contributed by atoms with Crippen LogP contribution in [0.5, 0.6) is 0 Å². The molecular formula is C15H18N10O5S3. The Hall–Kier alpha value is -2.70. The first-order valence-corrected chi connectivity index (χ1v) is 12.3. The number of aliphatic carboxylic acids is 1. The van der Waals surface area contributed by atoms with Crippen LogP contribution >= 0.6 is 35.3 Å². The van der Waals surface area contributed by atoms with Crippen molar-refractivity contribution >= 4 is 53.1 Å². The van der Waals surface area contributed by atoms with Crippen molar-refractivity contribution in [1.29, 1.82) is 0 Å². The van der Waals surface area contributed by atoms with Crippen molar-refractivity contribution in [2.75, 3.05) is 24.4 Å². The molecule has 15 nitrogen and oxygen atoms in total.